The monoisotopic (exact) mass is 240 g/mol. The van der Waals surface area contributed by atoms with E-state index in [1.165, 1.54) is 6.07 Å². The highest BCUT2D eigenvalue weighted by Gasteiger charge is 2.35. The zero-order chi connectivity index (χ0) is 12.2. The van der Waals surface area contributed by atoms with Crippen molar-refractivity contribution in [2.45, 2.75) is 25.1 Å². The van der Waals surface area contributed by atoms with E-state index in [4.69, 9.17) is 5.73 Å². The highest BCUT2D eigenvalue weighted by Crippen LogP contribution is 2.40. The third kappa shape index (κ3) is 1.45. The molecule has 1 aromatic carbocycles. The molecule has 0 bridgehead atoms. The van der Waals surface area contributed by atoms with Gasteiger partial charge in [-0.15, -0.1) is 0 Å². The number of hydrogen-bond donors (Lipinski definition) is 2. The van der Waals surface area contributed by atoms with E-state index in [1.54, 1.807) is 6.20 Å². The number of rotatable bonds is 0. The van der Waals surface area contributed by atoms with E-state index in [1.807, 2.05) is 0 Å². The number of aromatic nitrogens is 1. The first-order valence-corrected chi connectivity index (χ1v) is 5.44. The van der Waals surface area contributed by atoms with Gasteiger partial charge in [0.25, 0.3) is 0 Å². The molecule has 2 aromatic rings. The number of aromatic amines is 1. The number of nitrogens with one attached hydrogen (secondary N) is 1. The van der Waals surface area contributed by atoms with Crippen molar-refractivity contribution in [2.24, 2.45) is 5.73 Å². The molecule has 1 aromatic heterocycles. The van der Waals surface area contributed by atoms with E-state index in [2.05, 4.69) is 4.98 Å². The summed E-state index contributed by atoms with van der Waals surface area (Å²) in [6.45, 7) is 0. The summed E-state index contributed by atoms with van der Waals surface area (Å²) < 4.78 is 38.5. The van der Waals surface area contributed by atoms with Crippen molar-refractivity contribution in [3.05, 3.63) is 35.0 Å². The molecule has 0 saturated heterocycles. The third-order valence-electron chi connectivity index (χ3n) is 3.38. The lowest BCUT2D eigenvalue weighted by molar-refractivity contribution is -0.136. The van der Waals surface area contributed by atoms with Crippen LogP contribution in [0.25, 0.3) is 10.9 Å². The van der Waals surface area contributed by atoms with Crippen LogP contribution in [0.5, 0.6) is 0 Å². The quantitative estimate of drug-likeness (QED) is 0.729. The molecule has 17 heavy (non-hydrogen) atoms. The number of aryl methyl sites for hydroxylation is 1. The van der Waals surface area contributed by atoms with Crippen molar-refractivity contribution >= 4 is 10.9 Å². The Morgan fingerprint density at radius 2 is 2.06 bits per heavy atom. The molecule has 2 nitrogen and oxygen atoms in total. The summed E-state index contributed by atoms with van der Waals surface area (Å²) in [5.74, 6) is 0. The van der Waals surface area contributed by atoms with Gasteiger partial charge in [0.15, 0.2) is 0 Å². The standard InChI is InChI=1S/C12H11F3N2/c13-12(14,15)8-3-2-7-9(16)4-1-6-5-17-11(8)10(6)7/h2-3,5,9,17H,1,4,16H2. The zero-order valence-corrected chi connectivity index (χ0v) is 8.93. The van der Waals surface area contributed by atoms with E-state index in [0.717, 1.165) is 30.0 Å². The molecule has 3 rings (SSSR count). The predicted octanol–water partition coefficient (Wildman–Crippen LogP) is 3.13. The molecule has 0 aliphatic heterocycles. The van der Waals surface area contributed by atoms with Crippen LogP contribution in [0.4, 0.5) is 13.2 Å². The van der Waals surface area contributed by atoms with Crippen LogP contribution in [-0.4, -0.2) is 4.98 Å². The Morgan fingerprint density at radius 1 is 1.29 bits per heavy atom. The molecule has 0 amide bonds. The highest BCUT2D eigenvalue weighted by molar-refractivity contribution is 5.90. The van der Waals surface area contributed by atoms with E-state index in [-0.39, 0.29) is 11.6 Å². The van der Waals surface area contributed by atoms with Crippen molar-refractivity contribution in [3.63, 3.8) is 0 Å². The number of alkyl halides is 3. The van der Waals surface area contributed by atoms with Crippen molar-refractivity contribution in [2.75, 3.05) is 0 Å². The maximum Gasteiger partial charge on any atom is 0.418 e. The van der Waals surface area contributed by atoms with Crippen LogP contribution in [-0.2, 0) is 12.6 Å². The van der Waals surface area contributed by atoms with Crippen LogP contribution in [0.2, 0.25) is 0 Å². The Kier molecular flexibility index (Phi) is 2.04. The Hall–Kier alpha value is -1.49. The molecule has 1 atom stereocenters. The number of nitrogens with two attached hydrogens (primary N) is 1. The summed E-state index contributed by atoms with van der Waals surface area (Å²) in [6.07, 6.45) is -1.15. The lowest BCUT2D eigenvalue weighted by Crippen LogP contribution is -2.16. The molecule has 0 radical (unpaired) electrons. The molecule has 3 N–H and O–H groups in total. The van der Waals surface area contributed by atoms with E-state index in [0.29, 0.717) is 5.39 Å². The average molecular weight is 240 g/mol. The van der Waals surface area contributed by atoms with Gasteiger partial charge in [0, 0.05) is 17.6 Å². The van der Waals surface area contributed by atoms with Crippen LogP contribution in [0, 0.1) is 0 Å². The van der Waals surface area contributed by atoms with Gasteiger partial charge in [-0.1, -0.05) is 6.07 Å². The Balaban J connectivity index is 2.36. The number of halogens is 3. The number of hydrogen-bond acceptors (Lipinski definition) is 1. The fourth-order valence-electron chi connectivity index (χ4n) is 2.56. The molecule has 0 fully saturated rings. The maximum absolute atomic E-state index is 12.8. The minimum Gasteiger partial charge on any atom is -0.360 e. The third-order valence-corrected chi connectivity index (χ3v) is 3.38. The summed E-state index contributed by atoms with van der Waals surface area (Å²) in [4.78, 5) is 2.74. The topological polar surface area (TPSA) is 41.8 Å². The van der Waals surface area contributed by atoms with Crippen molar-refractivity contribution in [1.29, 1.82) is 0 Å². The molecule has 0 saturated carbocycles. The van der Waals surface area contributed by atoms with Gasteiger partial charge in [0.05, 0.1) is 11.1 Å². The fraction of sp³-hybridized carbons (Fsp3) is 0.333. The first-order chi connectivity index (χ1) is 7.98. The summed E-state index contributed by atoms with van der Waals surface area (Å²) >= 11 is 0. The second-order valence-electron chi connectivity index (χ2n) is 4.41. The fourth-order valence-corrected chi connectivity index (χ4v) is 2.56. The maximum atomic E-state index is 12.8. The van der Waals surface area contributed by atoms with Crippen molar-refractivity contribution < 1.29 is 13.2 Å². The second kappa shape index (κ2) is 3.26. The van der Waals surface area contributed by atoms with Gasteiger partial charge >= 0.3 is 6.18 Å². The lowest BCUT2D eigenvalue weighted by atomic mass is 9.88. The first-order valence-electron chi connectivity index (χ1n) is 5.44. The van der Waals surface area contributed by atoms with Crippen LogP contribution in [0.3, 0.4) is 0 Å². The summed E-state index contributed by atoms with van der Waals surface area (Å²) in [7, 11) is 0. The van der Waals surface area contributed by atoms with Gasteiger partial charge < -0.3 is 10.7 Å². The zero-order valence-electron chi connectivity index (χ0n) is 8.93. The van der Waals surface area contributed by atoms with Crippen LogP contribution in [0.15, 0.2) is 18.3 Å². The molecule has 5 heteroatoms. The van der Waals surface area contributed by atoms with E-state index in [9.17, 15) is 13.2 Å². The van der Waals surface area contributed by atoms with E-state index >= 15 is 0 Å². The molecule has 1 aliphatic rings. The Labute approximate surface area is 95.6 Å². The molecular weight excluding hydrogens is 229 g/mol. The van der Waals surface area contributed by atoms with E-state index < -0.39 is 11.7 Å². The largest absolute Gasteiger partial charge is 0.418 e. The number of benzene rings is 1. The summed E-state index contributed by atoms with van der Waals surface area (Å²) in [5.41, 5.74) is 7.23. The average Bonchev–Trinajstić information content (AvgIpc) is 2.67. The molecule has 0 spiro atoms. The minimum atomic E-state index is -4.33. The number of H-pyrrole nitrogens is 1. The van der Waals surface area contributed by atoms with Crippen LogP contribution < -0.4 is 5.73 Å². The molecule has 1 unspecified atom stereocenters. The first kappa shape index (κ1) is 10.7. The summed E-state index contributed by atoms with van der Waals surface area (Å²) in [5, 5.41) is 0.665. The van der Waals surface area contributed by atoms with Crippen molar-refractivity contribution in [1.82, 2.24) is 4.98 Å². The SMILES string of the molecule is NC1CCc2c[nH]c3c(C(F)(F)F)ccc1c23. The Morgan fingerprint density at radius 3 is 2.76 bits per heavy atom. The lowest BCUT2D eigenvalue weighted by Gasteiger charge is -2.20. The normalized spacial score (nSPS) is 19.9. The van der Waals surface area contributed by atoms with Crippen LogP contribution in [0.1, 0.15) is 29.2 Å². The Bertz CT molecular complexity index is 583. The van der Waals surface area contributed by atoms with Gasteiger partial charge in [0.2, 0.25) is 0 Å². The summed E-state index contributed by atoms with van der Waals surface area (Å²) in [6, 6.07) is 2.46. The van der Waals surface area contributed by atoms with Gasteiger partial charge in [0.1, 0.15) is 0 Å². The van der Waals surface area contributed by atoms with Gasteiger partial charge in [-0.3, -0.25) is 0 Å². The smallest absolute Gasteiger partial charge is 0.360 e. The molecular formula is C12H11F3N2. The van der Waals surface area contributed by atoms with Gasteiger partial charge in [-0.05, 0) is 30.0 Å². The van der Waals surface area contributed by atoms with Crippen molar-refractivity contribution in [3.8, 4) is 0 Å². The molecule has 1 aliphatic carbocycles. The second-order valence-corrected chi connectivity index (χ2v) is 4.41. The highest BCUT2D eigenvalue weighted by atomic mass is 19.4. The minimum absolute atomic E-state index is 0.164. The van der Waals surface area contributed by atoms with Gasteiger partial charge in [-0.2, -0.15) is 13.2 Å². The van der Waals surface area contributed by atoms with Crippen LogP contribution >= 0.6 is 0 Å². The molecule has 1 heterocycles. The predicted molar refractivity (Wildman–Crippen MR) is 58.6 cm³/mol. The van der Waals surface area contributed by atoms with Gasteiger partial charge in [-0.25, -0.2) is 0 Å². The molecule has 90 valence electrons.